The van der Waals surface area contributed by atoms with Crippen LogP contribution in [0, 0.1) is 17.7 Å². The summed E-state index contributed by atoms with van der Waals surface area (Å²) in [5.74, 6) is 0.466. The molecule has 6 aromatic heterocycles. The monoisotopic (exact) mass is 1030 g/mol. The van der Waals surface area contributed by atoms with Gasteiger partial charge in [-0.3, -0.25) is 0 Å². The molecule has 0 radical (unpaired) electrons. The molecule has 7 aromatic rings. The van der Waals surface area contributed by atoms with Crippen molar-refractivity contribution in [3.8, 4) is 30.6 Å². The summed E-state index contributed by atoms with van der Waals surface area (Å²) in [7, 11) is 0. The Morgan fingerprint density at radius 2 is 1.13 bits per heavy atom. The lowest BCUT2D eigenvalue weighted by Crippen LogP contribution is -2.14. The normalized spacial score (nSPS) is 13.5. The van der Waals surface area contributed by atoms with Gasteiger partial charge in [-0.1, -0.05) is 160 Å². The van der Waals surface area contributed by atoms with Crippen LogP contribution in [0.3, 0.4) is 0 Å². The highest BCUT2D eigenvalue weighted by atomic mass is 32.1. The summed E-state index contributed by atoms with van der Waals surface area (Å²) in [6.07, 6.45) is 20.8. The van der Waals surface area contributed by atoms with Crippen LogP contribution in [0.4, 0.5) is 4.39 Å². The van der Waals surface area contributed by atoms with Gasteiger partial charge in [0.05, 0.1) is 16.2 Å². The first-order valence-electron chi connectivity index (χ1n) is 26.4. The SMILES string of the molecule is CCCCCCCCOC(=O)c1sc2c(-c3cc4c(-c5ccc(CC(CC)CCCC)s5)c5sc(C(C)(C)CC)cc5c(-c5ccc(CC(CC)CCCC)s5)c4s3)sc(C(C)(C)CC)c2c1F. The molecule has 9 heteroatoms. The van der Waals surface area contributed by atoms with Gasteiger partial charge in [0.25, 0.3) is 0 Å². The molecule has 0 saturated heterocycles. The molecule has 0 saturated carbocycles. The average molecular weight is 1030 g/mol. The van der Waals surface area contributed by atoms with E-state index in [0.29, 0.717) is 23.8 Å². The van der Waals surface area contributed by atoms with Crippen molar-refractivity contribution in [3.63, 3.8) is 0 Å². The molecule has 0 aliphatic rings. The fourth-order valence-corrected chi connectivity index (χ4v) is 17.6. The predicted molar refractivity (Wildman–Crippen MR) is 307 cm³/mol. The Balaban J connectivity index is 1.44. The zero-order valence-electron chi connectivity index (χ0n) is 43.2. The van der Waals surface area contributed by atoms with E-state index in [4.69, 9.17) is 4.74 Å². The van der Waals surface area contributed by atoms with Crippen LogP contribution in [0.15, 0.2) is 36.4 Å². The highest BCUT2D eigenvalue weighted by Gasteiger charge is 2.34. The van der Waals surface area contributed by atoms with E-state index in [2.05, 4.69) is 113 Å². The van der Waals surface area contributed by atoms with E-state index < -0.39 is 11.8 Å². The van der Waals surface area contributed by atoms with E-state index in [1.54, 1.807) is 11.3 Å². The third-order valence-electron chi connectivity index (χ3n) is 15.0. The van der Waals surface area contributed by atoms with Crippen molar-refractivity contribution in [1.29, 1.82) is 0 Å². The Kier molecular flexibility index (Phi) is 18.8. The molecule has 0 bridgehead atoms. The van der Waals surface area contributed by atoms with Crippen LogP contribution in [0.1, 0.15) is 208 Å². The van der Waals surface area contributed by atoms with Gasteiger partial charge < -0.3 is 4.74 Å². The van der Waals surface area contributed by atoms with Crippen LogP contribution in [0.5, 0.6) is 0 Å². The minimum atomic E-state index is -0.526. The number of carbonyl (C=O) groups excluding carboxylic acids is 1. The molecule has 0 amide bonds. The summed E-state index contributed by atoms with van der Waals surface area (Å²) in [4.78, 5) is 24.2. The number of benzene rings is 1. The molecule has 68 heavy (non-hydrogen) atoms. The fourth-order valence-electron chi connectivity index (χ4n) is 9.59. The lowest BCUT2D eigenvalue weighted by atomic mass is 9.87. The van der Waals surface area contributed by atoms with Gasteiger partial charge >= 0.3 is 5.97 Å². The van der Waals surface area contributed by atoms with Crippen molar-refractivity contribution in [2.75, 3.05) is 6.61 Å². The van der Waals surface area contributed by atoms with E-state index in [0.717, 1.165) is 64.3 Å². The summed E-state index contributed by atoms with van der Waals surface area (Å²) in [5, 5.41) is 3.27. The quantitative estimate of drug-likeness (QED) is 0.0379. The molecule has 6 heterocycles. The summed E-state index contributed by atoms with van der Waals surface area (Å²) in [6, 6.07) is 14.6. The van der Waals surface area contributed by atoms with Crippen molar-refractivity contribution in [3.05, 3.63) is 66.6 Å². The van der Waals surface area contributed by atoms with Crippen LogP contribution < -0.4 is 0 Å². The van der Waals surface area contributed by atoms with Gasteiger partial charge in [0, 0.05) is 70.8 Å². The number of hydrogen-bond donors (Lipinski definition) is 0. The van der Waals surface area contributed by atoms with Crippen LogP contribution in [-0.2, 0) is 28.4 Å². The molecule has 0 N–H and O–H groups in total. The maximum Gasteiger partial charge on any atom is 0.351 e. The Hall–Kier alpha value is -2.40. The predicted octanol–water partition coefficient (Wildman–Crippen LogP) is 22.1. The summed E-state index contributed by atoms with van der Waals surface area (Å²) in [6.45, 7) is 25.6. The first-order valence-corrected chi connectivity index (χ1v) is 31.3. The molecule has 0 fully saturated rings. The number of thiophene rings is 6. The maximum absolute atomic E-state index is 17.0. The van der Waals surface area contributed by atoms with Gasteiger partial charge in [-0.05, 0) is 91.2 Å². The summed E-state index contributed by atoms with van der Waals surface area (Å²) >= 11 is 10.9. The first-order chi connectivity index (χ1) is 32.7. The third kappa shape index (κ3) is 11.6. The van der Waals surface area contributed by atoms with Crippen LogP contribution in [0.25, 0.3) is 60.9 Å². The standard InChI is InChI=1S/C59H79FO2S6/c1-12-19-22-23-24-25-32-62-57(61)55-50(60)49-54(67-55)53(68-56(49)59(10,11)18-7)45-35-41-47(43-30-28-39(63-43)33-37(15-4)26-20-13-2)52-42(36-46(66-52)58(8,9)17-6)48(51(41)65-45)44-31-29-40(64-44)34-38(16-5)27-21-14-3/h28-31,35-38H,12-27,32-34H2,1-11H3. The van der Waals surface area contributed by atoms with Crippen molar-refractivity contribution < 1.29 is 13.9 Å². The van der Waals surface area contributed by atoms with E-state index in [9.17, 15) is 4.79 Å². The number of carbonyl (C=O) groups is 1. The number of fused-ring (bicyclic) bond motifs is 3. The molecule has 0 spiro atoms. The van der Waals surface area contributed by atoms with Gasteiger partial charge in [-0.15, -0.1) is 68.0 Å². The van der Waals surface area contributed by atoms with E-state index >= 15 is 4.39 Å². The Morgan fingerprint density at radius 3 is 1.69 bits per heavy atom. The Morgan fingerprint density at radius 1 is 0.588 bits per heavy atom. The number of rotatable bonds is 27. The fraction of sp³-hybridized carbons (Fsp3) is 0.576. The topological polar surface area (TPSA) is 26.3 Å². The minimum absolute atomic E-state index is 0.0427. The van der Waals surface area contributed by atoms with Crippen LogP contribution in [0.2, 0.25) is 0 Å². The van der Waals surface area contributed by atoms with Gasteiger partial charge in [0.1, 0.15) is 4.88 Å². The summed E-state index contributed by atoms with van der Waals surface area (Å²) in [5.41, 5.74) is 2.47. The second-order valence-corrected chi connectivity index (χ2v) is 27.3. The molecular formula is C59H79FO2S6. The highest BCUT2D eigenvalue weighted by molar-refractivity contribution is 7.32. The van der Waals surface area contributed by atoms with Gasteiger partial charge in [0.2, 0.25) is 0 Å². The van der Waals surface area contributed by atoms with Crippen LogP contribution in [-0.4, -0.2) is 12.6 Å². The van der Waals surface area contributed by atoms with E-state index in [1.807, 2.05) is 45.3 Å². The number of hydrogen-bond acceptors (Lipinski definition) is 8. The molecule has 2 nitrogen and oxygen atoms in total. The molecule has 0 aliphatic heterocycles. The van der Waals surface area contributed by atoms with Crippen LogP contribution >= 0.6 is 68.0 Å². The van der Waals surface area contributed by atoms with Crippen molar-refractivity contribution >= 4 is 104 Å². The lowest BCUT2D eigenvalue weighted by molar-refractivity contribution is 0.0499. The van der Waals surface area contributed by atoms with Crippen molar-refractivity contribution in [2.45, 2.75) is 203 Å². The number of halogens is 1. The van der Waals surface area contributed by atoms with E-state index in [1.165, 1.54) is 138 Å². The maximum atomic E-state index is 17.0. The second kappa shape index (κ2) is 23.9. The number of esters is 1. The minimum Gasteiger partial charge on any atom is -0.461 e. The van der Waals surface area contributed by atoms with Gasteiger partial charge in [-0.2, -0.15) is 0 Å². The van der Waals surface area contributed by atoms with Gasteiger partial charge in [0.15, 0.2) is 5.82 Å². The smallest absolute Gasteiger partial charge is 0.351 e. The van der Waals surface area contributed by atoms with Crippen molar-refractivity contribution in [1.82, 2.24) is 0 Å². The zero-order chi connectivity index (χ0) is 48.8. The van der Waals surface area contributed by atoms with E-state index in [-0.39, 0.29) is 15.7 Å². The average Bonchev–Trinajstić information content (AvgIpc) is 4.21. The van der Waals surface area contributed by atoms with Gasteiger partial charge in [-0.25, -0.2) is 9.18 Å². The summed E-state index contributed by atoms with van der Waals surface area (Å²) < 4.78 is 26.4. The zero-order valence-corrected chi connectivity index (χ0v) is 48.1. The van der Waals surface area contributed by atoms with Crippen molar-refractivity contribution in [2.24, 2.45) is 11.8 Å². The molecular weight excluding hydrogens is 952 g/mol. The lowest BCUT2D eigenvalue weighted by Gasteiger charge is -2.21. The second-order valence-electron chi connectivity index (χ2n) is 20.8. The Bertz CT molecular complexity index is 2630. The molecule has 1 aromatic carbocycles. The third-order valence-corrected chi connectivity index (χ3v) is 23.0. The molecule has 0 aliphatic carbocycles. The molecule has 7 rings (SSSR count). The molecule has 2 unspecified atom stereocenters. The molecule has 2 atom stereocenters. The Labute approximate surface area is 433 Å². The largest absolute Gasteiger partial charge is 0.461 e. The number of ether oxygens (including phenoxy) is 1. The highest BCUT2D eigenvalue weighted by Crippen LogP contribution is 2.57. The molecule has 370 valence electrons. The number of unbranched alkanes of at least 4 members (excludes halogenated alkanes) is 7. The first kappa shape index (κ1) is 53.4.